The Balaban J connectivity index is 2.30. The quantitative estimate of drug-likeness (QED) is 0.373. The summed E-state index contributed by atoms with van der Waals surface area (Å²) in [5.74, 6) is 0.178. The molecule has 8 nitrogen and oxygen atoms in total. The van der Waals surface area contributed by atoms with Crippen molar-refractivity contribution in [3.05, 3.63) is 34.9 Å². The van der Waals surface area contributed by atoms with Gasteiger partial charge in [-0.2, -0.15) is 4.98 Å². The van der Waals surface area contributed by atoms with E-state index < -0.39 is 13.3 Å². The molecule has 1 heterocycles. The van der Waals surface area contributed by atoms with E-state index in [0.717, 1.165) is 0 Å². The lowest BCUT2D eigenvalue weighted by molar-refractivity contribution is 0.166. The number of allylic oxidation sites excluding steroid dienone is 2. The molecule has 1 aromatic heterocycles. The summed E-state index contributed by atoms with van der Waals surface area (Å²) >= 11 is 0. The molecule has 0 aliphatic heterocycles. The molecule has 22 heavy (non-hydrogen) atoms. The molecule has 1 atom stereocenters. The maximum absolute atomic E-state index is 11.7. The van der Waals surface area contributed by atoms with Gasteiger partial charge in [0.05, 0.1) is 12.8 Å². The molecule has 0 aliphatic carbocycles. The third-order valence-corrected chi connectivity index (χ3v) is 4.14. The molecule has 0 aromatic carbocycles. The highest BCUT2D eigenvalue weighted by Crippen LogP contribution is 2.42. The summed E-state index contributed by atoms with van der Waals surface area (Å²) in [6, 6.07) is 1.53. The number of hydrogen-bond donors (Lipinski definition) is 2. The fraction of sp³-hybridized carbons (Fsp3) is 0.538. The summed E-state index contributed by atoms with van der Waals surface area (Å²) in [6.45, 7) is 1.01. The van der Waals surface area contributed by atoms with Crippen molar-refractivity contribution < 1.29 is 18.7 Å². The van der Waals surface area contributed by atoms with E-state index in [1.54, 1.807) is 25.5 Å². The summed E-state index contributed by atoms with van der Waals surface area (Å²) in [5.41, 5.74) is 4.96. The SMILES string of the molecule is COCCCOP(=O)(O)CC/C=C\Cn1ccc(N)nc1=O. The summed E-state index contributed by atoms with van der Waals surface area (Å²) in [7, 11) is -2.00. The molecule has 0 fully saturated rings. The van der Waals surface area contributed by atoms with E-state index in [1.165, 1.54) is 10.6 Å². The third-order valence-electron chi connectivity index (χ3n) is 2.73. The predicted molar refractivity (Wildman–Crippen MR) is 83.8 cm³/mol. The van der Waals surface area contributed by atoms with E-state index in [2.05, 4.69) is 4.98 Å². The first-order valence-electron chi connectivity index (χ1n) is 6.88. The van der Waals surface area contributed by atoms with Crippen LogP contribution in [0.4, 0.5) is 5.82 Å². The number of nitrogen functional groups attached to an aromatic ring is 1. The van der Waals surface area contributed by atoms with Crippen LogP contribution in [0.1, 0.15) is 12.8 Å². The third kappa shape index (κ3) is 7.51. The molecule has 9 heteroatoms. The molecular formula is C13H22N3O5P. The molecule has 124 valence electrons. The fourth-order valence-corrected chi connectivity index (χ4v) is 2.62. The van der Waals surface area contributed by atoms with Crippen molar-refractivity contribution in [1.29, 1.82) is 0 Å². The Bertz CT molecular complexity index is 587. The standard InChI is InChI=1S/C13H22N3O5P/c1-20-9-5-10-21-22(18,19)11-4-2-3-7-16-8-6-12(14)15-13(16)17/h2-3,6,8H,4-5,7,9-11H2,1H3,(H,18,19)(H2,14,15,17)/b3-2-. The second-order valence-corrected chi connectivity index (χ2v) is 6.57. The highest BCUT2D eigenvalue weighted by Gasteiger charge is 2.17. The van der Waals surface area contributed by atoms with E-state index in [0.29, 0.717) is 26.0 Å². The zero-order valence-electron chi connectivity index (χ0n) is 12.6. The highest BCUT2D eigenvalue weighted by molar-refractivity contribution is 7.52. The van der Waals surface area contributed by atoms with Gasteiger partial charge in [-0.25, -0.2) is 4.79 Å². The van der Waals surface area contributed by atoms with E-state index in [1.807, 2.05) is 0 Å². The normalized spacial score (nSPS) is 14.3. The average Bonchev–Trinajstić information content (AvgIpc) is 2.45. The Morgan fingerprint density at radius 3 is 2.91 bits per heavy atom. The van der Waals surface area contributed by atoms with Gasteiger partial charge in [-0.05, 0) is 18.9 Å². The van der Waals surface area contributed by atoms with Gasteiger partial charge in [0.1, 0.15) is 5.82 Å². The lowest BCUT2D eigenvalue weighted by atomic mass is 10.4. The Hall–Kier alpha value is -1.47. The number of methoxy groups -OCH3 is 1. The van der Waals surface area contributed by atoms with Crippen LogP contribution >= 0.6 is 7.60 Å². The van der Waals surface area contributed by atoms with Crippen LogP contribution < -0.4 is 11.4 Å². The molecule has 1 unspecified atom stereocenters. The Kier molecular flexibility index (Phi) is 8.05. The first-order valence-corrected chi connectivity index (χ1v) is 8.64. The number of nitrogens with two attached hydrogens (primary N) is 1. The Labute approximate surface area is 129 Å². The summed E-state index contributed by atoms with van der Waals surface area (Å²) in [6.07, 6.45) is 5.99. The Morgan fingerprint density at radius 2 is 2.23 bits per heavy atom. The molecule has 1 aromatic rings. The van der Waals surface area contributed by atoms with E-state index >= 15 is 0 Å². The van der Waals surface area contributed by atoms with E-state index in [9.17, 15) is 14.3 Å². The molecule has 0 radical (unpaired) electrons. The van der Waals surface area contributed by atoms with Crippen molar-refractivity contribution in [1.82, 2.24) is 9.55 Å². The van der Waals surface area contributed by atoms with Gasteiger partial charge in [0.15, 0.2) is 0 Å². The molecule has 0 amide bonds. The number of anilines is 1. The smallest absolute Gasteiger partial charge is 0.349 e. The summed E-state index contributed by atoms with van der Waals surface area (Å²) in [4.78, 5) is 24.6. The monoisotopic (exact) mass is 331 g/mol. The molecule has 0 spiro atoms. The van der Waals surface area contributed by atoms with Gasteiger partial charge in [0.2, 0.25) is 0 Å². The summed E-state index contributed by atoms with van der Waals surface area (Å²) in [5, 5.41) is 0. The van der Waals surface area contributed by atoms with Crippen LogP contribution in [0, 0.1) is 0 Å². The fourth-order valence-electron chi connectivity index (χ4n) is 1.60. The van der Waals surface area contributed by atoms with Gasteiger partial charge in [-0.3, -0.25) is 9.13 Å². The minimum atomic E-state index is -3.57. The van der Waals surface area contributed by atoms with Crippen molar-refractivity contribution in [2.75, 3.05) is 32.2 Å². The second kappa shape index (κ2) is 9.53. The molecule has 0 bridgehead atoms. The van der Waals surface area contributed by atoms with Crippen molar-refractivity contribution in [2.24, 2.45) is 0 Å². The number of ether oxygens (including phenoxy) is 1. The van der Waals surface area contributed by atoms with E-state index in [4.69, 9.17) is 15.0 Å². The minimum absolute atomic E-state index is 0.0331. The van der Waals surface area contributed by atoms with Gasteiger partial charge < -0.3 is 19.9 Å². The van der Waals surface area contributed by atoms with Crippen LogP contribution in [0.5, 0.6) is 0 Å². The van der Waals surface area contributed by atoms with Crippen LogP contribution in [0.2, 0.25) is 0 Å². The van der Waals surface area contributed by atoms with Crippen LogP contribution in [0.3, 0.4) is 0 Å². The van der Waals surface area contributed by atoms with Gasteiger partial charge in [-0.15, -0.1) is 0 Å². The van der Waals surface area contributed by atoms with Gasteiger partial charge >= 0.3 is 13.3 Å². The molecule has 0 aliphatic rings. The molecule has 0 saturated heterocycles. The predicted octanol–water partition coefficient (Wildman–Crippen LogP) is 1.01. The van der Waals surface area contributed by atoms with Gasteiger partial charge in [-0.1, -0.05) is 12.2 Å². The maximum atomic E-state index is 11.7. The van der Waals surface area contributed by atoms with Crippen molar-refractivity contribution >= 4 is 13.4 Å². The first kappa shape index (κ1) is 18.6. The molecule has 0 saturated carbocycles. The molecular weight excluding hydrogens is 309 g/mol. The topological polar surface area (TPSA) is 117 Å². The minimum Gasteiger partial charge on any atom is -0.385 e. The van der Waals surface area contributed by atoms with Crippen molar-refractivity contribution in [2.45, 2.75) is 19.4 Å². The number of aromatic nitrogens is 2. The second-order valence-electron chi connectivity index (χ2n) is 4.59. The molecule has 3 N–H and O–H groups in total. The van der Waals surface area contributed by atoms with Crippen molar-refractivity contribution in [3.63, 3.8) is 0 Å². The van der Waals surface area contributed by atoms with Crippen molar-refractivity contribution in [3.8, 4) is 0 Å². The Morgan fingerprint density at radius 1 is 1.45 bits per heavy atom. The number of rotatable bonds is 10. The van der Waals surface area contributed by atoms with Crippen LogP contribution in [0.25, 0.3) is 0 Å². The van der Waals surface area contributed by atoms with Crippen LogP contribution in [-0.4, -0.2) is 40.9 Å². The maximum Gasteiger partial charge on any atom is 0.349 e. The first-order chi connectivity index (χ1) is 10.4. The molecule has 1 rings (SSSR count). The highest BCUT2D eigenvalue weighted by atomic mass is 31.2. The number of hydrogen-bond acceptors (Lipinski definition) is 6. The van der Waals surface area contributed by atoms with Gasteiger partial charge in [0.25, 0.3) is 0 Å². The lowest BCUT2D eigenvalue weighted by Crippen LogP contribution is -2.22. The lowest BCUT2D eigenvalue weighted by Gasteiger charge is -2.10. The average molecular weight is 331 g/mol. The zero-order chi connectivity index (χ0) is 16.4. The summed E-state index contributed by atoms with van der Waals surface area (Å²) < 4.78 is 22.8. The van der Waals surface area contributed by atoms with Gasteiger partial charge in [0, 0.05) is 26.5 Å². The number of nitrogens with zero attached hydrogens (tertiary/aromatic N) is 2. The van der Waals surface area contributed by atoms with Crippen LogP contribution in [0.15, 0.2) is 29.2 Å². The largest absolute Gasteiger partial charge is 0.385 e. The zero-order valence-corrected chi connectivity index (χ0v) is 13.4. The van der Waals surface area contributed by atoms with Crippen LogP contribution in [-0.2, 0) is 20.4 Å². The van der Waals surface area contributed by atoms with E-state index in [-0.39, 0.29) is 18.6 Å².